The van der Waals surface area contributed by atoms with E-state index in [2.05, 4.69) is 31.9 Å². The van der Waals surface area contributed by atoms with E-state index in [1.807, 2.05) is 6.92 Å². The standard InChI is InChI=1S/C16H25N5O.HI/c1-13-10-14(11-15(19-13)20-4-2-3-5-20)12-18-16(17)21-6-8-22-9-7-21;/h10-11H,2-9,12H2,1H3,(H2,17,18);1H. The highest BCUT2D eigenvalue weighted by Gasteiger charge is 2.15. The molecular weight excluding hydrogens is 405 g/mol. The minimum Gasteiger partial charge on any atom is -0.378 e. The number of pyridine rings is 1. The summed E-state index contributed by atoms with van der Waals surface area (Å²) in [5.41, 5.74) is 8.30. The van der Waals surface area contributed by atoms with E-state index in [9.17, 15) is 0 Å². The van der Waals surface area contributed by atoms with Crippen LogP contribution in [-0.2, 0) is 11.3 Å². The minimum atomic E-state index is 0. The lowest BCUT2D eigenvalue weighted by Crippen LogP contribution is -2.44. The number of aliphatic imine (C=N–C) groups is 1. The van der Waals surface area contributed by atoms with Crippen LogP contribution in [0.15, 0.2) is 17.1 Å². The maximum atomic E-state index is 6.09. The molecule has 0 aromatic carbocycles. The van der Waals surface area contributed by atoms with E-state index in [0.29, 0.717) is 12.5 Å². The van der Waals surface area contributed by atoms with Crippen LogP contribution in [0.5, 0.6) is 0 Å². The molecule has 0 bridgehead atoms. The molecule has 0 aliphatic carbocycles. The maximum absolute atomic E-state index is 6.09. The molecule has 3 heterocycles. The van der Waals surface area contributed by atoms with E-state index in [1.54, 1.807) is 0 Å². The zero-order chi connectivity index (χ0) is 15.4. The fourth-order valence-corrected chi connectivity index (χ4v) is 2.99. The lowest BCUT2D eigenvalue weighted by Gasteiger charge is -2.27. The summed E-state index contributed by atoms with van der Waals surface area (Å²) in [6.07, 6.45) is 2.51. The van der Waals surface area contributed by atoms with Crippen LogP contribution < -0.4 is 10.6 Å². The summed E-state index contributed by atoms with van der Waals surface area (Å²) in [6, 6.07) is 4.24. The highest BCUT2D eigenvalue weighted by molar-refractivity contribution is 14.0. The normalized spacial score (nSPS) is 18.9. The minimum absolute atomic E-state index is 0. The monoisotopic (exact) mass is 431 g/mol. The van der Waals surface area contributed by atoms with Gasteiger partial charge in [0.25, 0.3) is 0 Å². The SMILES string of the molecule is Cc1cc(CN=C(N)N2CCOCC2)cc(N2CCCC2)n1.I. The van der Waals surface area contributed by atoms with Gasteiger partial charge in [-0.25, -0.2) is 9.98 Å². The van der Waals surface area contributed by atoms with E-state index in [-0.39, 0.29) is 24.0 Å². The summed E-state index contributed by atoms with van der Waals surface area (Å²) in [5.74, 6) is 1.69. The smallest absolute Gasteiger partial charge is 0.191 e. The van der Waals surface area contributed by atoms with E-state index in [0.717, 1.165) is 50.9 Å². The molecule has 2 fully saturated rings. The average Bonchev–Trinajstić information content (AvgIpc) is 3.07. The van der Waals surface area contributed by atoms with Gasteiger partial charge in [0.05, 0.1) is 19.8 Å². The van der Waals surface area contributed by atoms with Crippen molar-refractivity contribution in [1.29, 1.82) is 0 Å². The largest absolute Gasteiger partial charge is 0.378 e. The first-order valence-electron chi connectivity index (χ1n) is 8.07. The number of anilines is 1. The van der Waals surface area contributed by atoms with Crippen LogP contribution in [-0.4, -0.2) is 55.2 Å². The zero-order valence-corrected chi connectivity index (χ0v) is 16.0. The third kappa shape index (κ3) is 4.94. The molecule has 2 saturated heterocycles. The van der Waals surface area contributed by atoms with Crippen LogP contribution in [0.1, 0.15) is 24.1 Å². The number of aryl methyl sites for hydroxylation is 1. The summed E-state index contributed by atoms with van der Waals surface area (Å²) >= 11 is 0. The van der Waals surface area contributed by atoms with Gasteiger partial charge in [0, 0.05) is 31.9 Å². The van der Waals surface area contributed by atoms with Crippen molar-refractivity contribution in [3.8, 4) is 0 Å². The second-order valence-corrected chi connectivity index (χ2v) is 5.94. The van der Waals surface area contributed by atoms with Crippen LogP contribution >= 0.6 is 24.0 Å². The molecule has 0 atom stereocenters. The van der Waals surface area contributed by atoms with Crippen molar-refractivity contribution >= 4 is 35.8 Å². The second kappa shape index (κ2) is 8.68. The molecule has 1 aromatic heterocycles. The zero-order valence-electron chi connectivity index (χ0n) is 13.7. The molecular formula is C16H26IN5O. The number of halogens is 1. The van der Waals surface area contributed by atoms with Crippen molar-refractivity contribution in [2.75, 3.05) is 44.3 Å². The highest BCUT2D eigenvalue weighted by atomic mass is 127. The predicted octanol–water partition coefficient (Wildman–Crippen LogP) is 1.76. The highest BCUT2D eigenvalue weighted by Crippen LogP contribution is 2.20. The Balaban J connectivity index is 0.00000192. The van der Waals surface area contributed by atoms with Crippen LogP contribution in [0.3, 0.4) is 0 Å². The Kier molecular flexibility index (Phi) is 6.88. The summed E-state index contributed by atoms with van der Waals surface area (Å²) in [6.45, 7) is 7.95. The summed E-state index contributed by atoms with van der Waals surface area (Å²) in [4.78, 5) is 13.6. The fourth-order valence-electron chi connectivity index (χ4n) is 2.99. The summed E-state index contributed by atoms with van der Waals surface area (Å²) in [7, 11) is 0. The fraction of sp³-hybridized carbons (Fsp3) is 0.625. The lowest BCUT2D eigenvalue weighted by molar-refractivity contribution is 0.0674. The van der Waals surface area contributed by atoms with E-state index >= 15 is 0 Å². The Hall–Kier alpha value is -1.09. The Morgan fingerprint density at radius 1 is 1.22 bits per heavy atom. The van der Waals surface area contributed by atoms with Crippen molar-refractivity contribution < 1.29 is 4.74 Å². The van der Waals surface area contributed by atoms with Gasteiger partial charge < -0.3 is 20.3 Å². The molecule has 0 amide bonds. The molecule has 6 nitrogen and oxygen atoms in total. The van der Waals surface area contributed by atoms with Gasteiger partial charge in [-0.3, -0.25) is 0 Å². The predicted molar refractivity (Wildman–Crippen MR) is 104 cm³/mol. The molecule has 128 valence electrons. The Morgan fingerprint density at radius 3 is 2.61 bits per heavy atom. The van der Waals surface area contributed by atoms with Crippen molar-refractivity contribution in [2.24, 2.45) is 10.7 Å². The number of nitrogens with zero attached hydrogens (tertiary/aromatic N) is 4. The molecule has 2 N–H and O–H groups in total. The molecule has 0 saturated carbocycles. The first-order chi connectivity index (χ1) is 10.7. The van der Waals surface area contributed by atoms with Gasteiger partial charge >= 0.3 is 0 Å². The van der Waals surface area contributed by atoms with Crippen molar-refractivity contribution in [3.63, 3.8) is 0 Å². The van der Waals surface area contributed by atoms with Gasteiger partial charge in [-0.1, -0.05) is 0 Å². The quantitative estimate of drug-likeness (QED) is 0.449. The maximum Gasteiger partial charge on any atom is 0.191 e. The van der Waals surface area contributed by atoms with E-state index < -0.39 is 0 Å². The van der Waals surface area contributed by atoms with Gasteiger partial charge in [-0.05, 0) is 37.5 Å². The van der Waals surface area contributed by atoms with Crippen LogP contribution in [0.4, 0.5) is 5.82 Å². The summed E-state index contributed by atoms with van der Waals surface area (Å²) < 4.78 is 5.34. The Labute approximate surface area is 155 Å². The van der Waals surface area contributed by atoms with Gasteiger partial charge in [-0.15, -0.1) is 24.0 Å². The number of rotatable bonds is 3. The van der Waals surface area contributed by atoms with E-state index in [1.165, 1.54) is 18.4 Å². The molecule has 7 heteroatoms. The van der Waals surface area contributed by atoms with Gasteiger partial charge in [0.2, 0.25) is 0 Å². The average molecular weight is 431 g/mol. The third-order valence-corrected chi connectivity index (χ3v) is 4.19. The lowest BCUT2D eigenvalue weighted by atomic mass is 10.2. The van der Waals surface area contributed by atoms with Crippen molar-refractivity contribution in [3.05, 3.63) is 23.4 Å². The Morgan fingerprint density at radius 2 is 1.91 bits per heavy atom. The molecule has 0 unspecified atom stereocenters. The number of aromatic nitrogens is 1. The molecule has 0 radical (unpaired) electrons. The van der Waals surface area contributed by atoms with Crippen LogP contribution in [0.25, 0.3) is 0 Å². The second-order valence-electron chi connectivity index (χ2n) is 5.94. The van der Waals surface area contributed by atoms with Crippen LogP contribution in [0.2, 0.25) is 0 Å². The summed E-state index contributed by atoms with van der Waals surface area (Å²) in [5, 5.41) is 0. The molecule has 1 aromatic rings. The third-order valence-electron chi connectivity index (χ3n) is 4.19. The number of hydrogen-bond acceptors (Lipinski definition) is 4. The molecule has 2 aliphatic rings. The van der Waals surface area contributed by atoms with Gasteiger partial charge in [-0.2, -0.15) is 0 Å². The number of nitrogens with two attached hydrogens (primary N) is 1. The molecule has 2 aliphatic heterocycles. The molecule has 3 rings (SSSR count). The van der Waals surface area contributed by atoms with Crippen molar-refractivity contribution in [1.82, 2.24) is 9.88 Å². The number of hydrogen-bond donors (Lipinski definition) is 1. The van der Waals surface area contributed by atoms with Gasteiger partial charge in [0.15, 0.2) is 5.96 Å². The van der Waals surface area contributed by atoms with Crippen molar-refractivity contribution in [2.45, 2.75) is 26.3 Å². The van der Waals surface area contributed by atoms with Crippen LogP contribution in [0, 0.1) is 6.92 Å². The topological polar surface area (TPSA) is 67.0 Å². The number of ether oxygens (including phenoxy) is 1. The molecule has 23 heavy (non-hydrogen) atoms. The number of guanidine groups is 1. The van der Waals surface area contributed by atoms with E-state index in [4.69, 9.17) is 10.5 Å². The molecule has 0 spiro atoms. The first-order valence-corrected chi connectivity index (χ1v) is 8.07. The van der Waals surface area contributed by atoms with Gasteiger partial charge in [0.1, 0.15) is 5.82 Å². The number of morpholine rings is 1. The first kappa shape index (κ1) is 18.3. The Bertz CT molecular complexity index is 539.